The van der Waals surface area contributed by atoms with Crippen LogP contribution in [0.25, 0.3) is 0 Å². The minimum absolute atomic E-state index is 0.155. The van der Waals surface area contributed by atoms with Gasteiger partial charge in [-0.05, 0) is 18.2 Å². The highest BCUT2D eigenvalue weighted by molar-refractivity contribution is 7.87. The summed E-state index contributed by atoms with van der Waals surface area (Å²) in [5.41, 5.74) is -0.641. The SMILES string of the molecule is CN(C)S(=O)(=O)NC(=O)c1cc(Cl)c(Oc2ccc(F)c(F)c2)cc1F. The van der Waals surface area contributed by atoms with Gasteiger partial charge < -0.3 is 4.74 Å². The van der Waals surface area contributed by atoms with Crippen molar-refractivity contribution in [2.75, 3.05) is 14.1 Å². The summed E-state index contributed by atoms with van der Waals surface area (Å²) in [5.74, 6) is -5.07. The van der Waals surface area contributed by atoms with Gasteiger partial charge in [0.25, 0.3) is 5.91 Å². The minimum atomic E-state index is -4.13. The van der Waals surface area contributed by atoms with E-state index in [9.17, 15) is 26.4 Å². The number of hydrogen-bond acceptors (Lipinski definition) is 4. The maximum absolute atomic E-state index is 14.2. The van der Waals surface area contributed by atoms with Crippen molar-refractivity contribution >= 4 is 27.7 Å². The number of carbonyl (C=O) groups excluding carboxylic acids is 1. The lowest BCUT2D eigenvalue weighted by Gasteiger charge is -2.14. The minimum Gasteiger partial charge on any atom is -0.456 e. The fraction of sp³-hybridized carbons (Fsp3) is 0.133. The van der Waals surface area contributed by atoms with Crippen molar-refractivity contribution in [3.63, 3.8) is 0 Å². The molecule has 140 valence electrons. The van der Waals surface area contributed by atoms with Crippen LogP contribution in [0.2, 0.25) is 5.02 Å². The Morgan fingerprint density at radius 2 is 1.73 bits per heavy atom. The van der Waals surface area contributed by atoms with Gasteiger partial charge in [0.1, 0.15) is 17.3 Å². The summed E-state index contributed by atoms with van der Waals surface area (Å²) >= 11 is 5.90. The molecule has 11 heteroatoms. The van der Waals surface area contributed by atoms with Gasteiger partial charge in [-0.15, -0.1) is 0 Å². The van der Waals surface area contributed by atoms with Crippen LogP contribution in [0.4, 0.5) is 13.2 Å². The summed E-state index contributed by atoms with van der Waals surface area (Å²) < 4.78 is 71.0. The van der Waals surface area contributed by atoms with Crippen LogP contribution in [0.1, 0.15) is 10.4 Å². The molecule has 0 aliphatic rings. The number of amides is 1. The maximum Gasteiger partial charge on any atom is 0.303 e. The summed E-state index contributed by atoms with van der Waals surface area (Å²) in [4.78, 5) is 11.9. The fourth-order valence-electron chi connectivity index (χ4n) is 1.71. The van der Waals surface area contributed by atoms with E-state index in [-0.39, 0.29) is 16.5 Å². The Labute approximate surface area is 152 Å². The first kappa shape index (κ1) is 20.0. The zero-order chi connectivity index (χ0) is 19.6. The quantitative estimate of drug-likeness (QED) is 0.825. The third-order valence-corrected chi connectivity index (χ3v) is 4.79. The van der Waals surface area contributed by atoms with E-state index in [4.69, 9.17) is 16.3 Å². The Hall–Kier alpha value is -2.30. The van der Waals surface area contributed by atoms with Crippen LogP contribution in [0.15, 0.2) is 30.3 Å². The fourth-order valence-corrected chi connectivity index (χ4v) is 2.44. The third kappa shape index (κ3) is 4.45. The zero-order valence-corrected chi connectivity index (χ0v) is 15.0. The van der Waals surface area contributed by atoms with Crippen molar-refractivity contribution in [1.82, 2.24) is 9.03 Å². The van der Waals surface area contributed by atoms with Gasteiger partial charge in [-0.3, -0.25) is 4.79 Å². The number of nitrogens with zero attached hydrogens (tertiary/aromatic N) is 1. The molecular weight excluding hydrogens is 397 g/mol. The Morgan fingerprint density at radius 3 is 2.31 bits per heavy atom. The smallest absolute Gasteiger partial charge is 0.303 e. The monoisotopic (exact) mass is 408 g/mol. The van der Waals surface area contributed by atoms with Crippen LogP contribution in [-0.4, -0.2) is 32.7 Å². The molecule has 0 saturated heterocycles. The third-order valence-electron chi connectivity index (χ3n) is 3.09. The summed E-state index contributed by atoms with van der Waals surface area (Å²) in [5, 5.41) is -0.247. The van der Waals surface area contributed by atoms with E-state index in [2.05, 4.69) is 0 Å². The van der Waals surface area contributed by atoms with Crippen molar-refractivity contribution in [2.24, 2.45) is 0 Å². The van der Waals surface area contributed by atoms with E-state index in [0.717, 1.165) is 34.6 Å². The first-order valence-electron chi connectivity index (χ1n) is 6.88. The summed E-state index contributed by atoms with van der Waals surface area (Å²) in [6, 6.07) is 4.21. The van der Waals surface area contributed by atoms with E-state index in [1.807, 2.05) is 0 Å². The van der Waals surface area contributed by atoms with Crippen LogP contribution in [0, 0.1) is 17.5 Å². The van der Waals surface area contributed by atoms with E-state index in [0.29, 0.717) is 0 Å². The molecule has 0 radical (unpaired) electrons. The molecule has 6 nitrogen and oxygen atoms in total. The average Bonchev–Trinajstić information content (AvgIpc) is 2.53. The first-order valence-corrected chi connectivity index (χ1v) is 8.69. The highest BCUT2D eigenvalue weighted by Gasteiger charge is 2.22. The second-order valence-corrected chi connectivity index (χ2v) is 7.45. The second kappa shape index (κ2) is 7.52. The zero-order valence-electron chi connectivity index (χ0n) is 13.4. The molecule has 0 saturated carbocycles. The summed E-state index contributed by atoms with van der Waals surface area (Å²) in [6.45, 7) is 0. The summed E-state index contributed by atoms with van der Waals surface area (Å²) in [6.07, 6.45) is 0. The lowest BCUT2D eigenvalue weighted by Crippen LogP contribution is -2.39. The molecule has 2 aromatic rings. The molecule has 0 fully saturated rings. The van der Waals surface area contributed by atoms with Crippen molar-refractivity contribution in [3.8, 4) is 11.5 Å². The van der Waals surface area contributed by atoms with Gasteiger partial charge in [-0.25, -0.2) is 17.9 Å². The molecule has 1 amide bonds. The Bertz CT molecular complexity index is 968. The molecule has 0 bridgehead atoms. The van der Waals surface area contributed by atoms with Gasteiger partial charge in [-0.2, -0.15) is 12.7 Å². The van der Waals surface area contributed by atoms with Gasteiger partial charge in [-0.1, -0.05) is 11.6 Å². The first-order chi connectivity index (χ1) is 12.0. The number of rotatable bonds is 5. The number of nitrogens with one attached hydrogen (secondary N) is 1. The van der Waals surface area contributed by atoms with Crippen LogP contribution < -0.4 is 9.46 Å². The molecule has 0 unspecified atom stereocenters. The van der Waals surface area contributed by atoms with E-state index in [1.54, 1.807) is 4.72 Å². The molecular formula is C15H12ClF3N2O4S. The van der Waals surface area contributed by atoms with Gasteiger partial charge in [0.2, 0.25) is 0 Å². The van der Waals surface area contributed by atoms with Crippen LogP contribution in [-0.2, 0) is 10.2 Å². The largest absolute Gasteiger partial charge is 0.456 e. The van der Waals surface area contributed by atoms with Gasteiger partial charge in [0.05, 0.1) is 10.6 Å². The number of halogens is 4. The predicted octanol–water partition coefficient (Wildman–Crippen LogP) is 3.09. The van der Waals surface area contributed by atoms with Crippen molar-refractivity contribution in [2.45, 2.75) is 0 Å². The van der Waals surface area contributed by atoms with E-state index >= 15 is 0 Å². The van der Waals surface area contributed by atoms with Crippen LogP contribution >= 0.6 is 11.6 Å². The molecule has 0 heterocycles. The molecule has 0 aromatic heterocycles. The lowest BCUT2D eigenvalue weighted by atomic mass is 10.2. The van der Waals surface area contributed by atoms with Crippen LogP contribution in [0.5, 0.6) is 11.5 Å². The average molecular weight is 409 g/mol. The van der Waals surface area contributed by atoms with Crippen molar-refractivity contribution in [3.05, 3.63) is 58.4 Å². The van der Waals surface area contributed by atoms with Crippen LogP contribution in [0.3, 0.4) is 0 Å². The Morgan fingerprint density at radius 1 is 1.08 bits per heavy atom. The van der Waals surface area contributed by atoms with Gasteiger partial charge >= 0.3 is 10.2 Å². The molecule has 0 aliphatic carbocycles. The number of benzene rings is 2. The summed E-state index contributed by atoms with van der Waals surface area (Å²) in [7, 11) is -1.77. The Kier molecular flexibility index (Phi) is 5.79. The standard InChI is InChI=1S/C15H12ClF3N2O4S/c1-21(2)26(23,24)20-15(22)9-6-10(16)14(7-12(9)18)25-8-3-4-11(17)13(19)5-8/h3-7H,1-2H3,(H,20,22). The predicted molar refractivity (Wildman–Crippen MR) is 87.9 cm³/mol. The molecule has 1 N–H and O–H groups in total. The maximum atomic E-state index is 14.2. The Balaban J connectivity index is 2.30. The lowest BCUT2D eigenvalue weighted by molar-refractivity contribution is 0.0976. The normalized spacial score (nSPS) is 11.5. The van der Waals surface area contributed by atoms with Crippen molar-refractivity contribution < 1.29 is 31.1 Å². The molecule has 2 aromatic carbocycles. The highest BCUT2D eigenvalue weighted by atomic mass is 35.5. The number of carbonyl (C=O) groups is 1. The van der Waals surface area contributed by atoms with E-state index < -0.39 is 39.1 Å². The van der Waals surface area contributed by atoms with E-state index in [1.165, 1.54) is 14.1 Å². The topological polar surface area (TPSA) is 75.7 Å². The van der Waals surface area contributed by atoms with Gasteiger partial charge in [0, 0.05) is 26.2 Å². The molecule has 26 heavy (non-hydrogen) atoms. The molecule has 0 aliphatic heterocycles. The number of ether oxygens (including phenoxy) is 1. The highest BCUT2D eigenvalue weighted by Crippen LogP contribution is 2.32. The molecule has 0 atom stereocenters. The number of hydrogen-bond donors (Lipinski definition) is 1. The molecule has 2 rings (SSSR count). The molecule has 0 spiro atoms. The second-order valence-electron chi connectivity index (χ2n) is 5.16. The van der Waals surface area contributed by atoms with Crippen molar-refractivity contribution in [1.29, 1.82) is 0 Å². The van der Waals surface area contributed by atoms with Gasteiger partial charge in [0.15, 0.2) is 11.6 Å².